The monoisotopic (exact) mass is 406 g/mol. The highest BCUT2D eigenvalue weighted by molar-refractivity contribution is 5.92. The van der Waals surface area contributed by atoms with Crippen molar-refractivity contribution in [1.29, 1.82) is 0 Å². The predicted molar refractivity (Wildman–Crippen MR) is 106 cm³/mol. The topological polar surface area (TPSA) is 108 Å². The molecule has 8 nitrogen and oxygen atoms in total. The summed E-state index contributed by atoms with van der Waals surface area (Å²) >= 11 is 0. The number of nitrogens with one attached hydrogen (secondary N) is 1. The Morgan fingerprint density at radius 3 is 2.45 bits per heavy atom. The second kappa shape index (κ2) is 8.20. The van der Waals surface area contributed by atoms with Gasteiger partial charge >= 0.3 is 0 Å². The fourth-order valence-corrected chi connectivity index (χ4v) is 3.91. The molecule has 1 unspecified atom stereocenters. The van der Waals surface area contributed by atoms with E-state index < -0.39 is 24.2 Å². The fourth-order valence-electron chi connectivity index (χ4n) is 3.91. The van der Waals surface area contributed by atoms with Crippen molar-refractivity contribution in [3.05, 3.63) is 22.3 Å². The number of nitrogens with zero attached hydrogens (tertiary/aromatic N) is 1. The molecule has 0 aliphatic carbocycles. The SMILES string of the molecule is Cc1c(C)c2c(c(C)c1O)CCC(C)(C(=O)N[C@@H](CO)C(=O)N1CCOCC1)O2. The zero-order valence-electron chi connectivity index (χ0n) is 17.5. The van der Waals surface area contributed by atoms with Gasteiger partial charge in [-0.3, -0.25) is 9.59 Å². The average molecular weight is 406 g/mol. The first kappa shape index (κ1) is 21.4. The van der Waals surface area contributed by atoms with E-state index in [1.807, 2.05) is 20.8 Å². The smallest absolute Gasteiger partial charge is 0.264 e. The fraction of sp³-hybridized carbons (Fsp3) is 0.619. The number of morpholine rings is 1. The molecule has 2 aliphatic heterocycles. The van der Waals surface area contributed by atoms with E-state index in [1.54, 1.807) is 11.8 Å². The number of aliphatic hydroxyl groups is 1. The first-order chi connectivity index (χ1) is 13.7. The number of phenolic OH excluding ortho intramolecular Hbond substituents is 1. The van der Waals surface area contributed by atoms with E-state index in [2.05, 4.69) is 5.32 Å². The number of benzene rings is 1. The van der Waals surface area contributed by atoms with Crippen LogP contribution in [0, 0.1) is 20.8 Å². The highest BCUT2D eigenvalue weighted by Gasteiger charge is 2.42. The Labute approximate surface area is 170 Å². The molecule has 2 atom stereocenters. The lowest BCUT2D eigenvalue weighted by atomic mass is 9.86. The van der Waals surface area contributed by atoms with Gasteiger partial charge in [0.2, 0.25) is 5.91 Å². The molecule has 1 aromatic carbocycles. The Kier molecular flexibility index (Phi) is 6.05. The number of rotatable bonds is 4. The summed E-state index contributed by atoms with van der Waals surface area (Å²) in [5.41, 5.74) is 2.01. The quantitative estimate of drug-likeness (QED) is 0.681. The third kappa shape index (κ3) is 3.91. The Morgan fingerprint density at radius 1 is 1.17 bits per heavy atom. The summed E-state index contributed by atoms with van der Waals surface area (Å²) in [7, 11) is 0. The number of fused-ring (bicyclic) bond motifs is 1. The summed E-state index contributed by atoms with van der Waals surface area (Å²) in [6.07, 6.45) is 0.972. The first-order valence-corrected chi connectivity index (χ1v) is 9.98. The minimum Gasteiger partial charge on any atom is -0.507 e. The number of ether oxygens (including phenoxy) is 2. The van der Waals surface area contributed by atoms with Crippen LogP contribution >= 0.6 is 0 Å². The number of carbonyl (C=O) groups excluding carboxylic acids is 2. The van der Waals surface area contributed by atoms with Gasteiger partial charge in [0.05, 0.1) is 19.8 Å². The summed E-state index contributed by atoms with van der Waals surface area (Å²) in [6.45, 7) is 8.48. The molecular weight excluding hydrogens is 376 g/mol. The summed E-state index contributed by atoms with van der Waals surface area (Å²) in [5, 5.41) is 22.7. The Balaban J connectivity index is 1.78. The van der Waals surface area contributed by atoms with Crippen LogP contribution in [0.25, 0.3) is 0 Å². The average Bonchev–Trinajstić information content (AvgIpc) is 2.74. The molecule has 0 aromatic heterocycles. The second-order valence-electron chi connectivity index (χ2n) is 8.01. The van der Waals surface area contributed by atoms with Gasteiger partial charge in [-0.25, -0.2) is 0 Å². The van der Waals surface area contributed by atoms with E-state index in [-0.39, 0.29) is 11.7 Å². The van der Waals surface area contributed by atoms with E-state index in [0.29, 0.717) is 44.9 Å². The van der Waals surface area contributed by atoms with Crippen molar-refractivity contribution in [2.24, 2.45) is 0 Å². The molecule has 0 saturated carbocycles. The second-order valence-corrected chi connectivity index (χ2v) is 8.01. The largest absolute Gasteiger partial charge is 0.507 e. The number of hydrogen-bond donors (Lipinski definition) is 3. The molecule has 160 valence electrons. The molecule has 3 rings (SSSR count). The van der Waals surface area contributed by atoms with Crippen molar-refractivity contribution in [2.75, 3.05) is 32.9 Å². The number of amides is 2. The van der Waals surface area contributed by atoms with Crippen LogP contribution in [0.15, 0.2) is 0 Å². The molecule has 3 N–H and O–H groups in total. The summed E-state index contributed by atoms with van der Waals surface area (Å²) in [6, 6.07) is -1.02. The Bertz CT molecular complexity index is 818. The van der Waals surface area contributed by atoms with Crippen LogP contribution in [0.4, 0.5) is 0 Å². The number of aliphatic hydroxyl groups excluding tert-OH is 1. The lowest BCUT2D eigenvalue weighted by Gasteiger charge is -2.38. The molecule has 0 bridgehead atoms. The maximum absolute atomic E-state index is 13.0. The van der Waals surface area contributed by atoms with Gasteiger partial charge in [-0.15, -0.1) is 0 Å². The van der Waals surface area contributed by atoms with Crippen LogP contribution < -0.4 is 10.1 Å². The molecule has 0 spiro atoms. The van der Waals surface area contributed by atoms with Crippen molar-refractivity contribution in [3.63, 3.8) is 0 Å². The molecule has 1 fully saturated rings. The standard InChI is InChI=1S/C21H30N2O6/c1-12-13(2)18-15(14(3)17(12)25)5-6-21(4,29-18)20(27)22-16(11-24)19(26)23-7-9-28-10-8-23/h16,24-25H,5-11H2,1-4H3,(H,22,27)/t16-,21?/m0/s1. The third-order valence-electron chi connectivity index (χ3n) is 6.11. The lowest BCUT2D eigenvalue weighted by molar-refractivity contribution is -0.145. The zero-order chi connectivity index (χ0) is 21.3. The Morgan fingerprint density at radius 2 is 1.83 bits per heavy atom. The molecule has 2 heterocycles. The number of phenols is 1. The van der Waals surface area contributed by atoms with Crippen LogP contribution in [0.5, 0.6) is 11.5 Å². The van der Waals surface area contributed by atoms with Crippen LogP contribution in [0.3, 0.4) is 0 Å². The number of hydrogen-bond acceptors (Lipinski definition) is 6. The number of aromatic hydroxyl groups is 1. The van der Waals surface area contributed by atoms with Crippen LogP contribution in [0.1, 0.15) is 35.6 Å². The summed E-state index contributed by atoms with van der Waals surface area (Å²) < 4.78 is 11.4. The van der Waals surface area contributed by atoms with Gasteiger partial charge in [-0.1, -0.05) is 0 Å². The maximum atomic E-state index is 13.0. The number of carbonyl (C=O) groups is 2. The maximum Gasteiger partial charge on any atom is 0.264 e. The van der Waals surface area contributed by atoms with Crippen molar-refractivity contribution in [3.8, 4) is 11.5 Å². The van der Waals surface area contributed by atoms with E-state index in [4.69, 9.17) is 9.47 Å². The normalized spacial score (nSPS) is 22.4. The van der Waals surface area contributed by atoms with Crippen molar-refractivity contribution >= 4 is 11.8 Å². The Hall–Kier alpha value is -2.32. The highest BCUT2D eigenvalue weighted by Crippen LogP contribution is 2.43. The van der Waals surface area contributed by atoms with E-state index in [0.717, 1.165) is 22.3 Å². The van der Waals surface area contributed by atoms with Gasteiger partial charge in [0, 0.05) is 25.1 Å². The molecule has 2 aliphatic rings. The van der Waals surface area contributed by atoms with Crippen LogP contribution in [0.2, 0.25) is 0 Å². The van der Waals surface area contributed by atoms with E-state index in [9.17, 15) is 19.8 Å². The zero-order valence-corrected chi connectivity index (χ0v) is 17.5. The van der Waals surface area contributed by atoms with Gasteiger partial charge in [-0.2, -0.15) is 0 Å². The minimum absolute atomic E-state index is 0.259. The first-order valence-electron chi connectivity index (χ1n) is 9.98. The van der Waals surface area contributed by atoms with Crippen molar-refractivity contribution < 1.29 is 29.3 Å². The highest BCUT2D eigenvalue weighted by atomic mass is 16.5. The van der Waals surface area contributed by atoms with Crippen molar-refractivity contribution in [1.82, 2.24) is 10.2 Å². The molecule has 29 heavy (non-hydrogen) atoms. The van der Waals surface area contributed by atoms with Crippen LogP contribution in [-0.2, 0) is 20.7 Å². The summed E-state index contributed by atoms with van der Waals surface area (Å²) in [4.78, 5) is 27.3. The minimum atomic E-state index is -1.17. The van der Waals surface area contributed by atoms with Crippen molar-refractivity contribution in [2.45, 2.75) is 52.2 Å². The van der Waals surface area contributed by atoms with Gasteiger partial charge < -0.3 is 29.9 Å². The molecule has 1 aromatic rings. The lowest BCUT2D eigenvalue weighted by Crippen LogP contribution is -2.59. The predicted octanol–water partition coefficient (Wildman–Crippen LogP) is 0.737. The molecule has 2 amide bonds. The molecule has 8 heteroatoms. The molecule has 0 radical (unpaired) electrons. The molecular formula is C21H30N2O6. The van der Waals surface area contributed by atoms with Gasteiger partial charge in [0.25, 0.3) is 5.91 Å². The van der Waals surface area contributed by atoms with Crippen LogP contribution in [-0.4, -0.2) is 71.5 Å². The van der Waals surface area contributed by atoms with Gasteiger partial charge in [-0.05, 0) is 50.8 Å². The molecule has 1 saturated heterocycles. The van der Waals surface area contributed by atoms with E-state index >= 15 is 0 Å². The van der Waals surface area contributed by atoms with Gasteiger partial charge in [0.1, 0.15) is 17.5 Å². The third-order valence-corrected chi connectivity index (χ3v) is 6.11. The van der Waals surface area contributed by atoms with E-state index in [1.165, 1.54) is 0 Å². The van der Waals surface area contributed by atoms with Gasteiger partial charge in [0.15, 0.2) is 5.60 Å². The summed E-state index contributed by atoms with van der Waals surface area (Å²) in [5.74, 6) is 0.111.